The largest absolute Gasteiger partial charge is 0.423 e. The van der Waals surface area contributed by atoms with Crippen LogP contribution in [0, 0.1) is 3.57 Å². The SMILES string of the molecule is O=C(N/N=C/c1ccc(OC(=O)c2ccccc2I)cc1)c1ccc(NS(=O)(=O)c2ccc(Cl)cc2)cc1. The minimum atomic E-state index is -3.79. The first-order chi connectivity index (χ1) is 18.2. The zero-order valence-electron chi connectivity index (χ0n) is 19.5. The summed E-state index contributed by atoms with van der Waals surface area (Å²) in [5.41, 5.74) is 4.15. The molecule has 0 aliphatic heterocycles. The number of hydrazone groups is 1. The molecule has 0 heterocycles. The minimum Gasteiger partial charge on any atom is -0.423 e. The van der Waals surface area contributed by atoms with Gasteiger partial charge in [-0.1, -0.05) is 23.7 Å². The quantitative estimate of drug-likeness (QED) is 0.0825. The number of nitrogens with one attached hydrogen (secondary N) is 2. The van der Waals surface area contributed by atoms with Crippen LogP contribution in [0.2, 0.25) is 5.02 Å². The molecule has 11 heteroatoms. The maximum atomic E-state index is 12.5. The van der Waals surface area contributed by atoms with E-state index in [9.17, 15) is 18.0 Å². The standard InChI is InChI=1S/C27H19ClIN3O5S/c28-20-9-15-23(16-10-20)38(35,36)32-21-11-7-19(8-12-21)26(33)31-30-17-18-5-13-22(14-6-18)37-27(34)24-3-1-2-4-25(24)29/h1-17,32H,(H,31,33)/b30-17+. The van der Waals surface area contributed by atoms with Crippen molar-refractivity contribution in [3.05, 3.63) is 122 Å². The highest BCUT2D eigenvalue weighted by Crippen LogP contribution is 2.19. The Morgan fingerprint density at radius 2 is 1.53 bits per heavy atom. The molecule has 0 aliphatic rings. The fourth-order valence-corrected chi connectivity index (χ4v) is 4.95. The second kappa shape index (κ2) is 12.2. The summed E-state index contributed by atoms with van der Waals surface area (Å²) in [6.07, 6.45) is 1.44. The molecule has 0 saturated heterocycles. The van der Waals surface area contributed by atoms with Gasteiger partial charge in [0.2, 0.25) is 0 Å². The molecular weight excluding hydrogens is 641 g/mol. The van der Waals surface area contributed by atoms with Crippen LogP contribution in [-0.2, 0) is 10.0 Å². The Bertz CT molecular complexity index is 1590. The van der Waals surface area contributed by atoms with E-state index in [0.717, 1.165) is 3.57 Å². The minimum absolute atomic E-state index is 0.0650. The number of hydrogen-bond acceptors (Lipinski definition) is 6. The Morgan fingerprint density at radius 1 is 0.868 bits per heavy atom. The maximum Gasteiger partial charge on any atom is 0.344 e. The monoisotopic (exact) mass is 659 g/mol. The fourth-order valence-electron chi connectivity index (χ4n) is 3.16. The number of nitrogens with zero attached hydrogens (tertiary/aromatic N) is 1. The van der Waals surface area contributed by atoms with Crippen molar-refractivity contribution in [3.8, 4) is 5.75 Å². The third kappa shape index (κ3) is 7.18. The molecule has 0 aliphatic carbocycles. The number of amides is 1. The van der Waals surface area contributed by atoms with Gasteiger partial charge in [-0.2, -0.15) is 5.10 Å². The van der Waals surface area contributed by atoms with E-state index in [2.05, 4.69) is 37.8 Å². The first kappa shape index (κ1) is 27.3. The van der Waals surface area contributed by atoms with Crippen molar-refractivity contribution in [2.75, 3.05) is 4.72 Å². The Labute approximate surface area is 237 Å². The van der Waals surface area contributed by atoms with Gasteiger partial charge in [0.15, 0.2) is 0 Å². The zero-order chi connectivity index (χ0) is 27.1. The normalized spacial score (nSPS) is 11.2. The molecule has 0 unspecified atom stereocenters. The van der Waals surface area contributed by atoms with Crippen molar-refractivity contribution in [2.45, 2.75) is 4.90 Å². The van der Waals surface area contributed by atoms with Crippen molar-refractivity contribution in [3.63, 3.8) is 0 Å². The van der Waals surface area contributed by atoms with Crippen molar-refractivity contribution < 1.29 is 22.7 Å². The molecule has 0 spiro atoms. The summed E-state index contributed by atoms with van der Waals surface area (Å²) >= 11 is 7.88. The van der Waals surface area contributed by atoms with E-state index in [-0.39, 0.29) is 10.5 Å². The molecule has 38 heavy (non-hydrogen) atoms. The highest BCUT2D eigenvalue weighted by Gasteiger charge is 2.15. The third-order valence-corrected chi connectivity index (χ3v) is 7.68. The Balaban J connectivity index is 1.31. The van der Waals surface area contributed by atoms with Crippen LogP contribution in [0.5, 0.6) is 5.75 Å². The highest BCUT2D eigenvalue weighted by atomic mass is 127. The van der Waals surface area contributed by atoms with Crippen LogP contribution in [0.4, 0.5) is 5.69 Å². The molecule has 8 nitrogen and oxygen atoms in total. The van der Waals surface area contributed by atoms with Crippen LogP contribution < -0.4 is 14.9 Å². The predicted molar refractivity (Wildman–Crippen MR) is 154 cm³/mol. The number of rotatable bonds is 8. The summed E-state index contributed by atoms with van der Waals surface area (Å²) in [7, 11) is -3.79. The molecule has 0 aromatic heterocycles. The molecule has 0 bridgehead atoms. The molecule has 192 valence electrons. The molecule has 0 radical (unpaired) electrons. The molecular formula is C27H19ClIN3O5S. The number of esters is 1. The first-order valence-corrected chi connectivity index (χ1v) is 13.9. The smallest absolute Gasteiger partial charge is 0.344 e. The van der Waals surface area contributed by atoms with Gasteiger partial charge < -0.3 is 4.74 Å². The second-order valence-corrected chi connectivity index (χ2v) is 11.1. The van der Waals surface area contributed by atoms with E-state index >= 15 is 0 Å². The van der Waals surface area contributed by atoms with Crippen LogP contribution in [0.25, 0.3) is 0 Å². The second-order valence-electron chi connectivity index (χ2n) is 7.77. The van der Waals surface area contributed by atoms with E-state index in [0.29, 0.717) is 27.6 Å². The van der Waals surface area contributed by atoms with Crippen LogP contribution in [0.15, 0.2) is 107 Å². The van der Waals surface area contributed by atoms with Crippen molar-refractivity contribution in [1.29, 1.82) is 0 Å². The van der Waals surface area contributed by atoms with Crippen LogP contribution >= 0.6 is 34.2 Å². The van der Waals surface area contributed by atoms with Gasteiger partial charge in [-0.15, -0.1) is 0 Å². The number of carbonyl (C=O) groups is 2. The van der Waals surface area contributed by atoms with Crippen LogP contribution in [-0.4, -0.2) is 26.5 Å². The summed E-state index contributed by atoms with van der Waals surface area (Å²) in [5.74, 6) is -0.550. The van der Waals surface area contributed by atoms with Crippen molar-refractivity contribution >= 4 is 68.0 Å². The molecule has 4 rings (SSSR count). The number of anilines is 1. The van der Waals surface area contributed by atoms with E-state index in [1.165, 1.54) is 54.7 Å². The average molecular weight is 660 g/mol. The van der Waals surface area contributed by atoms with Gasteiger partial charge in [0.05, 0.1) is 16.7 Å². The lowest BCUT2D eigenvalue weighted by atomic mass is 10.2. The summed E-state index contributed by atoms with van der Waals surface area (Å²) in [5, 5.41) is 4.37. The fraction of sp³-hybridized carbons (Fsp3) is 0. The number of halogens is 2. The molecule has 2 N–H and O–H groups in total. The van der Waals surface area contributed by atoms with Crippen molar-refractivity contribution in [1.82, 2.24) is 5.43 Å². The van der Waals surface area contributed by atoms with Gasteiger partial charge in [-0.25, -0.2) is 18.6 Å². The summed E-state index contributed by atoms with van der Waals surface area (Å²) in [6, 6.07) is 25.4. The van der Waals surface area contributed by atoms with Gasteiger partial charge in [0.1, 0.15) is 5.75 Å². The number of hydrogen-bond donors (Lipinski definition) is 2. The number of ether oxygens (including phenoxy) is 1. The summed E-state index contributed by atoms with van der Waals surface area (Å²) in [4.78, 5) is 24.8. The van der Waals surface area contributed by atoms with E-state index in [1.54, 1.807) is 36.4 Å². The Hall–Kier alpha value is -3.74. The summed E-state index contributed by atoms with van der Waals surface area (Å²) in [6.45, 7) is 0. The van der Waals surface area contributed by atoms with Gasteiger partial charge in [-0.3, -0.25) is 9.52 Å². The van der Waals surface area contributed by atoms with E-state index in [1.807, 2.05) is 12.1 Å². The van der Waals surface area contributed by atoms with Gasteiger partial charge >= 0.3 is 5.97 Å². The molecule has 0 saturated carbocycles. The van der Waals surface area contributed by atoms with Gasteiger partial charge in [0.25, 0.3) is 15.9 Å². The number of sulfonamides is 1. The van der Waals surface area contributed by atoms with Crippen LogP contribution in [0.1, 0.15) is 26.3 Å². The van der Waals surface area contributed by atoms with E-state index in [4.69, 9.17) is 16.3 Å². The molecule has 4 aromatic rings. The lowest BCUT2D eigenvalue weighted by Gasteiger charge is -2.09. The first-order valence-electron chi connectivity index (χ1n) is 11.0. The number of carbonyl (C=O) groups excluding carboxylic acids is 2. The lowest BCUT2D eigenvalue weighted by molar-refractivity contribution is 0.0733. The highest BCUT2D eigenvalue weighted by molar-refractivity contribution is 14.1. The predicted octanol–water partition coefficient (Wildman–Crippen LogP) is 5.73. The van der Waals surface area contributed by atoms with Gasteiger partial charge in [0, 0.05) is 19.8 Å². The summed E-state index contributed by atoms with van der Waals surface area (Å²) < 4.78 is 33.6. The Kier molecular flexibility index (Phi) is 8.77. The zero-order valence-corrected chi connectivity index (χ0v) is 23.2. The van der Waals surface area contributed by atoms with Crippen molar-refractivity contribution in [2.24, 2.45) is 5.10 Å². The van der Waals surface area contributed by atoms with Gasteiger partial charge in [-0.05, 0) is 113 Å². The lowest BCUT2D eigenvalue weighted by Crippen LogP contribution is -2.18. The molecule has 0 atom stereocenters. The maximum absolute atomic E-state index is 12.5. The number of benzene rings is 4. The average Bonchev–Trinajstić information content (AvgIpc) is 2.90. The van der Waals surface area contributed by atoms with E-state index < -0.39 is 21.9 Å². The molecule has 0 fully saturated rings. The Morgan fingerprint density at radius 3 is 2.18 bits per heavy atom. The third-order valence-electron chi connectivity index (χ3n) is 5.09. The molecule has 4 aromatic carbocycles. The topological polar surface area (TPSA) is 114 Å². The van der Waals surface area contributed by atoms with Crippen LogP contribution in [0.3, 0.4) is 0 Å². The molecule has 1 amide bonds.